The zero-order chi connectivity index (χ0) is 20.1. The number of ether oxygens (including phenoxy) is 1. The SMILES string of the molecule is CC(OC(=O)c1cccc(N2CCCC2=O)c1)C(=O)NCc1ccc(F)cc1. The van der Waals surface area contributed by atoms with E-state index in [0.717, 1.165) is 12.0 Å². The van der Waals surface area contributed by atoms with Gasteiger partial charge < -0.3 is 15.0 Å². The summed E-state index contributed by atoms with van der Waals surface area (Å²) in [6.45, 7) is 2.30. The maximum Gasteiger partial charge on any atom is 0.338 e. The van der Waals surface area contributed by atoms with Crippen molar-refractivity contribution in [1.82, 2.24) is 5.32 Å². The lowest BCUT2D eigenvalue weighted by Crippen LogP contribution is -2.35. The molecule has 1 fully saturated rings. The molecule has 1 heterocycles. The summed E-state index contributed by atoms with van der Waals surface area (Å²) in [6, 6.07) is 12.4. The van der Waals surface area contributed by atoms with Gasteiger partial charge in [-0.3, -0.25) is 9.59 Å². The van der Waals surface area contributed by atoms with E-state index in [1.54, 1.807) is 41.3 Å². The van der Waals surface area contributed by atoms with Crippen LogP contribution in [0, 0.1) is 5.82 Å². The maximum atomic E-state index is 12.9. The highest BCUT2D eigenvalue weighted by Gasteiger charge is 2.23. The molecule has 1 atom stereocenters. The molecule has 6 nitrogen and oxygen atoms in total. The molecule has 0 aliphatic carbocycles. The van der Waals surface area contributed by atoms with Crippen molar-refractivity contribution < 1.29 is 23.5 Å². The number of hydrogen-bond acceptors (Lipinski definition) is 4. The minimum absolute atomic E-state index is 0.0269. The third-order valence-corrected chi connectivity index (χ3v) is 4.50. The molecule has 3 rings (SSSR count). The summed E-state index contributed by atoms with van der Waals surface area (Å²) in [5, 5.41) is 2.65. The fraction of sp³-hybridized carbons (Fsp3) is 0.286. The largest absolute Gasteiger partial charge is 0.449 e. The van der Waals surface area contributed by atoms with Gasteiger partial charge in [-0.1, -0.05) is 18.2 Å². The quantitative estimate of drug-likeness (QED) is 0.777. The topological polar surface area (TPSA) is 75.7 Å². The van der Waals surface area contributed by atoms with Crippen molar-refractivity contribution >= 4 is 23.5 Å². The molecule has 146 valence electrons. The predicted octanol–water partition coefficient (Wildman–Crippen LogP) is 2.81. The Morgan fingerprint density at radius 2 is 1.96 bits per heavy atom. The average Bonchev–Trinajstić information content (AvgIpc) is 3.13. The molecule has 0 bridgehead atoms. The molecule has 0 saturated carbocycles. The van der Waals surface area contributed by atoms with E-state index in [0.29, 0.717) is 18.7 Å². The summed E-state index contributed by atoms with van der Waals surface area (Å²) in [5.74, 6) is -1.42. The van der Waals surface area contributed by atoms with Gasteiger partial charge in [-0.05, 0) is 49.2 Å². The lowest BCUT2D eigenvalue weighted by molar-refractivity contribution is -0.129. The van der Waals surface area contributed by atoms with Gasteiger partial charge in [0.2, 0.25) is 5.91 Å². The molecule has 1 aliphatic rings. The standard InChI is InChI=1S/C21H21FN2O4/c1-14(20(26)23-13-15-7-9-17(22)10-8-15)28-21(27)16-4-2-5-18(12-16)24-11-3-6-19(24)25/h2,4-5,7-10,12,14H,3,6,11,13H2,1H3,(H,23,26). The number of benzene rings is 2. The first-order chi connectivity index (χ1) is 13.4. The highest BCUT2D eigenvalue weighted by Crippen LogP contribution is 2.22. The number of esters is 1. The Balaban J connectivity index is 1.56. The number of hydrogen-bond donors (Lipinski definition) is 1. The molecule has 1 aliphatic heterocycles. The number of carbonyl (C=O) groups excluding carboxylic acids is 3. The summed E-state index contributed by atoms with van der Waals surface area (Å²) < 4.78 is 18.1. The monoisotopic (exact) mass is 384 g/mol. The van der Waals surface area contributed by atoms with E-state index < -0.39 is 18.0 Å². The zero-order valence-electron chi connectivity index (χ0n) is 15.5. The molecule has 28 heavy (non-hydrogen) atoms. The van der Waals surface area contributed by atoms with Crippen molar-refractivity contribution in [3.8, 4) is 0 Å². The van der Waals surface area contributed by atoms with Crippen LogP contribution >= 0.6 is 0 Å². The minimum atomic E-state index is -0.995. The first-order valence-corrected chi connectivity index (χ1v) is 9.07. The number of halogens is 1. The fourth-order valence-corrected chi connectivity index (χ4v) is 2.94. The average molecular weight is 384 g/mol. The maximum absolute atomic E-state index is 12.9. The van der Waals surface area contributed by atoms with Gasteiger partial charge in [-0.25, -0.2) is 9.18 Å². The van der Waals surface area contributed by atoms with Crippen LogP contribution in [0.2, 0.25) is 0 Å². The van der Waals surface area contributed by atoms with Crippen LogP contribution in [-0.2, 0) is 20.9 Å². The van der Waals surface area contributed by atoms with Crippen molar-refractivity contribution in [2.45, 2.75) is 32.4 Å². The van der Waals surface area contributed by atoms with Gasteiger partial charge in [0.05, 0.1) is 5.56 Å². The zero-order valence-corrected chi connectivity index (χ0v) is 15.5. The molecule has 1 saturated heterocycles. The van der Waals surface area contributed by atoms with E-state index in [2.05, 4.69) is 5.32 Å². The summed E-state index contributed by atoms with van der Waals surface area (Å²) in [5.41, 5.74) is 1.65. The van der Waals surface area contributed by atoms with Gasteiger partial charge in [0.25, 0.3) is 5.91 Å². The van der Waals surface area contributed by atoms with Crippen LogP contribution in [0.4, 0.5) is 10.1 Å². The second-order valence-corrected chi connectivity index (χ2v) is 6.59. The van der Waals surface area contributed by atoms with Gasteiger partial charge >= 0.3 is 5.97 Å². The lowest BCUT2D eigenvalue weighted by atomic mass is 10.2. The van der Waals surface area contributed by atoms with Crippen molar-refractivity contribution in [3.05, 3.63) is 65.5 Å². The number of rotatable bonds is 6. The van der Waals surface area contributed by atoms with Crippen LogP contribution < -0.4 is 10.2 Å². The highest BCUT2D eigenvalue weighted by atomic mass is 19.1. The molecule has 0 spiro atoms. The first kappa shape index (κ1) is 19.5. The van der Waals surface area contributed by atoms with Crippen LogP contribution in [0.5, 0.6) is 0 Å². The number of carbonyl (C=O) groups is 3. The van der Waals surface area contributed by atoms with Gasteiger partial charge in [0.1, 0.15) is 5.82 Å². The third kappa shape index (κ3) is 4.73. The summed E-state index contributed by atoms with van der Waals surface area (Å²) >= 11 is 0. The number of nitrogens with one attached hydrogen (secondary N) is 1. The smallest absolute Gasteiger partial charge is 0.338 e. The van der Waals surface area contributed by atoms with Crippen molar-refractivity contribution in [1.29, 1.82) is 0 Å². The van der Waals surface area contributed by atoms with Crippen LogP contribution in [0.25, 0.3) is 0 Å². The Morgan fingerprint density at radius 3 is 2.64 bits per heavy atom. The Hall–Kier alpha value is -3.22. The lowest BCUT2D eigenvalue weighted by Gasteiger charge is -2.17. The molecule has 1 unspecified atom stereocenters. The van der Waals surface area contributed by atoms with Gasteiger partial charge in [0, 0.05) is 25.2 Å². The molecule has 7 heteroatoms. The van der Waals surface area contributed by atoms with Gasteiger partial charge in [-0.15, -0.1) is 0 Å². The number of amides is 2. The number of anilines is 1. The predicted molar refractivity (Wildman–Crippen MR) is 101 cm³/mol. The van der Waals surface area contributed by atoms with Crippen LogP contribution in [0.3, 0.4) is 0 Å². The second-order valence-electron chi connectivity index (χ2n) is 6.59. The Bertz CT molecular complexity index is 882. The Labute approximate surface area is 162 Å². The summed E-state index contributed by atoms with van der Waals surface area (Å²) in [4.78, 5) is 38.0. The van der Waals surface area contributed by atoms with Gasteiger partial charge in [0.15, 0.2) is 6.10 Å². The molecule has 2 amide bonds. The fourth-order valence-electron chi connectivity index (χ4n) is 2.94. The molecule has 1 N–H and O–H groups in total. The molecule has 2 aromatic carbocycles. The third-order valence-electron chi connectivity index (χ3n) is 4.50. The molecular weight excluding hydrogens is 363 g/mol. The van der Waals surface area contributed by atoms with Crippen LogP contribution in [0.15, 0.2) is 48.5 Å². The highest BCUT2D eigenvalue weighted by molar-refractivity contribution is 5.98. The van der Waals surface area contributed by atoms with E-state index in [1.165, 1.54) is 19.1 Å². The summed E-state index contributed by atoms with van der Waals surface area (Å²) in [7, 11) is 0. The van der Waals surface area contributed by atoms with Crippen molar-refractivity contribution in [2.24, 2.45) is 0 Å². The minimum Gasteiger partial charge on any atom is -0.449 e. The van der Waals surface area contributed by atoms with E-state index in [4.69, 9.17) is 4.74 Å². The van der Waals surface area contributed by atoms with E-state index >= 15 is 0 Å². The molecule has 0 radical (unpaired) electrons. The number of nitrogens with zero attached hydrogens (tertiary/aromatic N) is 1. The van der Waals surface area contributed by atoms with E-state index in [9.17, 15) is 18.8 Å². The van der Waals surface area contributed by atoms with Gasteiger partial charge in [-0.2, -0.15) is 0 Å². The molecule has 0 aromatic heterocycles. The first-order valence-electron chi connectivity index (χ1n) is 9.07. The van der Waals surface area contributed by atoms with Crippen LogP contribution in [0.1, 0.15) is 35.7 Å². The van der Waals surface area contributed by atoms with Crippen molar-refractivity contribution in [3.63, 3.8) is 0 Å². The normalized spacial score (nSPS) is 14.6. The van der Waals surface area contributed by atoms with E-state index in [-0.39, 0.29) is 23.8 Å². The molecular formula is C21H21FN2O4. The van der Waals surface area contributed by atoms with E-state index in [1.807, 2.05) is 0 Å². The second kappa shape index (κ2) is 8.65. The summed E-state index contributed by atoms with van der Waals surface area (Å²) in [6.07, 6.45) is 0.295. The Kier molecular flexibility index (Phi) is 6.03. The van der Waals surface area contributed by atoms with Crippen molar-refractivity contribution in [2.75, 3.05) is 11.4 Å². The molecule has 2 aromatic rings. The van der Waals surface area contributed by atoms with Crippen LogP contribution in [-0.4, -0.2) is 30.4 Å². The Morgan fingerprint density at radius 1 is 1.21 bits per heavy atom.